The molecule has 0 aromatic heterocycles. The van der Waals surface area contributed by atoms with Crippen molar-refractivity contribution in [2.24, 2.45) is 0 Å². The summed E-state index contributed by atoms with van der Waals surface area (Å²) in [5.74, 6) is 0.888. The van der Waals surface area contributed by atoms with E-state index < -0.39 is 6.61 Å². The number of ether oxygens (including phenoxy) is 1. The maximum absolute atomic E-state index is 12.1. The summed E-state index contributed by atoms with van der Waals surface area (Å²) in [6.45, 7) is -2.05. The van der Waals surface area contributed by atoms with E-state index in [-0.39, 0.29) is 5.75 Å². The normalized spacial score (nSPS) is 14.2. The van der Waals surface area contributed by atoms with Gasteiger partial charge in [-0.1, -0.05) is 24.3 Å². The summed E-state index contributed by atoms with van der Waals surface area (Å²) >= 11 is 0. The molecule has 4 heteroatoms. The van der Waals surface area contributed by atoms with E-state index in [2.05, 4.69) is 28.3 Å². The Morgan fingerprint density at radius 2 is 1.76 bits per heavy atom. The summed E-state index contributed by atoms with van der Waals surface area (Å²) in [6.07, 6.45) is 2.55. The van der Waals surface area contributed by atoms with E-state index in [1.807, 2.05) is 6.07 Å². The molecule has 1 aliphatic rings. The van der Waals surface area contributed by atoms with Crippen LogP contribution >= 0.6 is 0 Å². The SMILES string of the molecule is FC(F)Oc1ccc(NCc2ccccc2C2CC2)cc1. The van der Waals surface area contributed by atoms with E-state index in [9.17, 15) is 8.78 Å². The fourth-order valence-electron chi connectivity index (χ4n) is 2.44. The minimum atomic E-state index is -2.78. The molecule has 1 fully saturated rings. The van der Waals surface area contributed by atoms with Crippen molar-refractivity contribution in [2.75, 3.05) is 5.32 Å². The Labute approximate surface area is 122 Å². The number of alkyl halides is 2. The minimum Gasteiger partial charge on any atom is -0.435 e. The summed E-state index contributed by atoms with van der Waals surface area (Å²) in [7, 11) is 0. The summed E-state index contributed by atoms with van der Waals surface area (Å²) < 4.78 is 28.5. The number of anilines is 1. The van der Waals surface area contributed by atoms with Crippen LogP contribution in [0.4, 0.5) is 14.5 Å². The molecule has 0 amide bonds. The molecular formula is C17H17F2NO. The van der Waals surface area contributed by atoms with Crippen LogP contribution in [-0.4, -0.2) is 6.61 Å². The van der Waals surface area contributed by atoms with Gasteiger partial charge < -0.3 is 10.1 Å². The molecule has 2 aromatic carbocycles. The van der Waals surface area contributed by atoms with E-state index in [4.69, 9.17) is 0 Å². The van der Waals surface area contributed by atoms with E-state index in [1.54, 1.807) is 24.3 Å². The van der Waals surface area contributed by atoms with Crippen molar-refractivity contribution >= 4 is 5.69 Å². The third-order valence-electron chi connectivity index (χ3n) is 3.63. The lowest BCUT2D eigenvalue weighted by molar-refractivity contribution is -0.0498. The van der Waals surface area contributed by atoms with Gasteiger partial charge in [0.25, 0.3) is 0 Å². The Hall–Kier alpha value is -2.10. The highest BCUT2D eigenvalue weighted by molar-refractivity contribution is 5.47. The summed E-state index contributed by atoms with van der Waals surface area (Å²) in [6, 6.07) is 15.0. The largest absolute Gasteiger partial charge is 0.435 e. The van der Waals surface area contributed by atoms with Gasteiger partial charge in [0.05, 0.1) is 0 Å². The Balaban J connectivity index is 1.62. The molecule has 1 saturated carbocycles. The van der Waals surface area contributed by atoms with E-state index in [1.165, 1.54) is 24.0 Å². The number of benzene rings is 2. The third-order valence-corrected chi connectivity index (χ3v) is 3.63. The molecule has 0 aliphatic heterocycles. The maximum atomic E-state index is 12.1. The Morgan fingerprint density at radius 1 is 1.05 bits per heavy atom. The Morgan fingerprint density at radius 3 is 2.43 bits per heavy atom. The molecule has 21 heavy (non-hydrogen) atoms. The lowest BCUT2D eigenvalue weighted by atomic mass is 10.0. The Bertz CT molecular complexity index is 594. The van der Waals surface area contributed by atoms with Gasteiger partial charge in [-0.05, 0) is 54.2 Å². The topological polar surface area (TPSA) is 21.3 Å². The number of hydrogen-bond donors (Lipinski definition) is 1. The van der Waals surface area contributed by atoms with Crippen LogP contribution in [0.3, 0.4) is 0 Å². The molecular weight excluding hydrogens is 272 g/mol. The van der Waals surface area contributed by atoms with Gasteiger partial charge in [0.1, 0.15) is 5.75 Å². The zero-order valence-electron chi connectivity index (χ0n) is 11.6. The van der Waals surface area contributed by atoms with Crippen molar-refractivity contribution in [3.05, 3.63) is 59.7 Å². The zero-order valence-corrected chi connectivity index (χ0v) is 11.6. The first-order valence-corrected chi connectivity index (χ1v) is 7.09. The van der Waals surface area contributed by atoms with Crippen LogP contribution in [0.2, 0.25) is 0 Å². The first kappa shape index (κ1) is 13.9. The Kier molecular flexibility index (Phi) is 4.04. The van der Waals surface area contributed by atoms with Crippen molar-refractivity contribution in [2.45, 2.75) is 31.9 Å². The van der Waals surface area contributed by atoms with E-state index in [0.29, 0.717) is 5.92 Å². The van der Waals surface area contributed by atoms with Gasteiger partial charge in [0.15, 0.2) is 0 Å². The molecule has 0 saturated heterocycles. The predicted molar refractivity (Wildman–Crippen MR) is 78.8 cm³/mol. The summed E-state index contributed by atoms with van der Waals surface area (Å²) in [5, 5.41) is 3.32. The van der Waals surface area contributed by atoms with Crippen molar-refractivity contribution in [3.63, 3.8) is 0 Å². The zero-order chi connectivity index (χ0) is 14.7. The maximum Gasteiger partial charge on any atom is 0.387 e. The van der Waals surface area contributed by atoms with Gasteiger partial charge in [0.2, 0.25) is 0 Å². The first-order valence-electron chi connectivity index (χ1n) is 7.09. The molecule has 0 unspecified atom stereocenters. The second kappa shape index (κ2) is 6.12. The molecule has 3 rings (SSSR count). The number of nitrogens with one attached hydrogen (secondary N) is 1. The molecule has 0 bridgehead atoms. The molecule has 0 spiro atoms. The highest BCUT2D eigenvalue weighted by Gasteiger charge is 2.25. The van der Waals surface area contributed by atoms with Crippen molar-refractivity contribution in [1.29, 1.82) is 0 Å². The summed E-state index contributed by atoms with van der Waals surface area (Å²) in [5.41, 5.74) is 3.61. The highest BCUT2D eigenvalue weighted by atomic mass is 19.3. The quantitative estimate of drug-likeness (QED) is 0.826. The molecule has 1 aliphatic carbocycles. The molecule has 1 N–H and O–H groups in total. The monoisotopic (exact) mass is 289 g/mol. The smallest absolute Gasteiger partial charge is 0.387 e. The van der Waals surface area contributed by atoms with Gasteiger partial charge in [-0.2, -0.15) is 8.78 Å². The fourth-order valence-corrected chi connectivity index (χ4v) is 2.44. The molecule has 0 radical (unpaired) electrons. The van der Waals surface area contributed by atoms with Crippen molar-refractivity contribution < 1.29 is 13.5 Å². The van der Waals surface area contributed by atoms with Crippen molar-refractivity contribution in [1.82, 2.24) is 0 Å². The molecule has 2 aromatic rings. The van der Waals surface area contributed by atoms with E-state index in [0.717, 1.165) is 12.2 Å². The van der Waals surface area contributed by atoms with E-state index >= 15 is 0 Å². The second-order valence-corrected chi connectivity index (χ2v) is 5.23. The predicted octanol–water partition coefficient (Wildman–Crippen LogP) is 4.78. The van der Waals surface area contributed by atoms with Crippen LogP contribution in [0.25, 0.3) is 0 Å². The van der Waals surface area contributed by atoms with Crippen LogP contribution in [0.5, 0.6) is 5.75 Å². The van der Waals surface area contributed by atoms with Crippen LogP contribution in [0.15, 0.2) is 48.5 Å². The second-order valence-electron chi connectivity index (χ2n) is 5.23. The van der Waals surface area contributed by atoms with Gasteiger partial charge in [0, 0.05) is 12.2 Å². The van der Waals surface area contributed by atoms with Crippen LogP contribution in [0.1, 0.15) is 29.9 Å². The van der Waals surface area contributed by atoms with Crippen LogP contribution < -0.4 is 10.1 Å². The van der Waals surface area contributed by atoms with Crippen molar-refractivity contribution in [3.8, 4) is 5.75 Å². The number of hydrogen-bond acceptors (Lipinski definition) is 2. The van der Waals surface area contributed by atoms with Gasteiger partial charge in [-0.3, -0.25) is 0 Å². The van der Waals surface area contributed by atoms with Gasteiger partial charge in [-0.25, -0.2) is 0 Å². The highest BCUT2D eigenvalue weighted by Crippen LogP contribution is 2.41. The molecule has 110 valence electrons. The third kappa shape index (κ3) is 3.72. The number of halogens is 2. The minimum absolute atomic E-state index is 0.175. The molecule has 0 heterocycles. The summed E-state index contributed by atoms with van der Waals surface area (Å²) in [4.78, 5) is 0. The standard InChI is InChI=1S/C17H17F2NO/c18-17(19)21-15-9-7-14(8-10-15)20-11-13-3-1-2-4-16(13)12-5-6-12/h1-4,7-10,12,17,20H,5-6,11H2. The fraction of sp³-hybridized carbons (Fsp3) is 0.294. The van der Waals surface area contributed by atoms with Gasteiger partial charge >= 0.3 is 6.61 Å². The number of rotatable bonds is 6. The average Bonchev–Trinajstić information content (AvgIpc) is 3.31. The first-order chi connectivity index (χ1) is 10.2. The molecule has 2 nitrogen and oxygen atoms in total. The van der Waals surface area contributed by atoms with Crippen LogP contribution in [0, 0.1) is 0 Å². The van der Waals surface area contributed by atoms with Crippen LogP contribution in [-0.2, 0) is 6.54 Å². The lowest BCUT2D eigenvalue weighted by Gasteiger charge is -2.11. The molecule has 0 atom stereocenters. The van der Waals surface area contributed by atoms with Gasteiger partial charge in [-0.15, -0.1) is 0 Å². The lowest BCUT2D eigenvalue weighted by Crippen LogP contribution is -2.03. The average molecular weight is 289 g/mol.